The van der Waals surface area contributed by atoms with Crippen molar-refractivity contribution in [3.05, 3.63) is 24.3 Å². The van der Waals surface area contributed by atoms with Crippen molar-refractivity contribution in [2.24, 2.45) is 5.41 Å². The van der Waals surface area contributed by atoms with Crippen LogP contribution in [0.3, 0.4) is 0 Å². The first-order chi connectivity index (χ1) is 5.44. The van der Waals surface area contributed by atoms with Gasteiger partial charge in [-0.25, -0.2) is 0 Å². The minimum absolute atomic E-state index is 0.191. The summed E-state index contributed by atoms with van der Waals surface area (Å²) in [6.45, 7) is 12.6. The normalized spacial score (nSPS) is 13.8. The second kappa shape index (κ2) is 4.76. The lowest BCUT2D eigenvalue weighted by Crippen LogP contribution is -2.22. The lowest BCUT2D eigenvalue weighted by atomic mass is 9.88. The van der Waals surface area contributed by atoms with Crippen molar-refractivity contribution in [1.29, 1.82) is 0 Å². The van der Waals surface area contributed by atoms with Crippen LogP contribution in [-0.2, 0) is 0 Å². The van der Waals surface area contributed by atoms with E-state index < -0.39 is 0 Å². The van der Waals surface area contributed by atoms with E-state index in [1.165, 1.54) is 5.57 Å². The van der Waals surface area contributed by atoms with Crippen molar-refractivity contribution in [2.75, 3.05) is 6.26 Å². The van der Waals surface area contributed by atoms with Crippen LogP contribution in [0.5, 0.6) is 0 Å². The number of rotatable bonds is 4. The maximum atomic E-state index is 3.87. The van der Waals surface area contributed by atoms with Gasteiger partial charge in [0.2, 0.25) is 0 Å². The summed E-state index contributed by atoms with van der Waals surface area (Å²) >= 11 is 1.88. The lowest BCUT2D eigenvalue weighted by Gasteiger charge is -2.27. The molecule has 0 aromatic heterocycles. The monoisotopic (exact) mass is 184 g/mol. The SMILES string of the molecule is C=CC(C)(C)C(C=C(C)C)SC. The summed E-state index contributed by atoms with van der Waals surface area (Å²) in [5.41, 5.74) is 1.57. The van der Waals surface area contributed by atoms with E-state index in [0.29, 0.717) is 5.25 Å². The van der Waals surface area contributed by atoms with Gasteiger partial charge in [0, 0.05) is 5.25 Å². The van der Waals surface area contributed by atoms with E-state index in [1.54, 1.807) is 0 Å². The van der Waals surface area contributed by atoms with Crippen molar-refractivity contribution in [3.8, 4) is 0 Å². The highest BCUT2D eigenvalue weighted by molar-refractivity contribution is 7.99. The Morgan fingerprint density at radius 1 is 1.42 bits per heavy atom. The Morgan fingerprint density at radius 3 is 2.17 bits per heavy atom. The van der Waals surface area contributed by atoms with Crippen LogP contribution < -0.4 is 0 Å². The van der Waals surface area contributed by atoms with Gasteiger partial charge in [-0.15, -0.1) is 6.58 Å². The van der Waals surface area contributed by atoms with Crippen LogP contribution in [0.15, 0.2) is 24.3 Å². The molecule has 0 bridgehead atoms. The first-order valence-corrected chi connectivity index (χ1v) is 5.54. The zero-order valence-corrected chi connectivity index (χ0v) is 9.66. The van der Waals surface area contributed by atoms with Gasteiger partial charge in [0.1, 0.15) is 0 Å². The molecule has 70 valence electrons. The second-order valence-corrected chi connectivity index (χ2v) is 4.91. The van der Waals surface area contributed by atoms with Crippen LogP contribution in [-0.4, -0.2) is 11.5 Å². The Balaban J connectivity index is 4.55. The first-order valence-electron chi connectivity index (χ1n) is 4.25. The Bertz CT molecular complexity index is 173. The van der Waals surface area contributed by atoms with Crippen LogP contribution in [0.2, 0.25) is 0 Å². The van der Waals surface area contributed by atoms with E-state index in [-0.39, 0.29) is 5.41 Å². The zero-order chi connectivity index (χ0) is 9.78. The third-order valence-corrected chi connectivity index (χ3v) is 3.25. The molecule has 0 rings (SSSR count). The molecule has 1 heteroatoms. The van der Waals surface area contributed by atoms with E-state index in [4.69, 9.17) is 0 Å². The number of allylic oxidation sites excluding steroid dienone is 2. The molecule has 0 aromatic carbocycles. The number of thioether (sulfide) groups is 1. The van der Waals surface area contributed by atoms with Crippen LogP contribution in [0.1, 0.15) is 27.7 Å². The largest absolute Gasteiger partial charge is 0.157 e. The number of hydrogen-bond acceptors (Lipinski definition) is 1. The molecule has 0 nitrogen and oxygen atoms in total. The van der Waals surface area contributed by atoms with Gasteiger partial charge in [0.15, 0.2) is 0 Å². The lowest BCUT2D eigenvalue weighted by molar-refractivity contribution is 0.502. The van der Waals surface area contributed by atoms with Gasteiger partial charge >= 0.3 is 0 Å². The quantitative estimate of drug-likeness (QED) is 0.597. The summed E-state index contributed by atoms with van der Waals surface area (Å²) in [6.07, 6.45) is 6.50. The summed E-state index contributed by atoms with van der Waals surface area (Å²) in [5, 5.41) is 0.542. The smallest absolute Gasteiger partial charge is 0.0312 e. The highest BCUT2D eigenvalue weighted by atomic mass is 32.2. The minimum Gasteiger partial charge on any atom is -0.157 e. The fourth-order valence-electron chi connectivity index (χ4n) is 1.01. The Kier molecular flexibility index (Phi) is 4.69. The Labute approximate surface area is 81.1 Å². The summed E-state index contributed by atoms with van der Waals surface area (Å²) in [5.74, 6) is 0. The molecule has 0 saturated carbocycles. The molecule has 0 aliphatic rings. The van der Waals surface area contributed by atoms with E-state index in [0.717, 1.165) is 0 Å². The van der Waals surface area contributed by atoms with Crippen LogP contribution in [0, 0.1) is 5.41 Å². The van der Waals surface area contributed by atoms with E-state index in [2.05, 4.69) is 46.6 Å². The standard InChI is InChI=1S/C11H20S/c1-7-11(4,5)10(12-6)8-9(2)3/h7-8,10H,1H2,2-6H3. The third-order valence-electron chi connectivity index (χ3n) is 2.00. The summed E-state index contributed by atoms with van der Waals surface area (Å²) in [7, 11) is 0. The molecule has 1 atom stereocenters. The summed E-state index contributed by atoms with van der Waals surface area (Å²) < 4.78 is 0. The molecule has 12 heavy (non-hydrogen) atoms. The van der Waals surface area contributed by atoms with Crippen molar-refractivity contribution >= 4 is 11.8 Å². The number of hydrogen-bond donors (Lipinski definition) is 0. The molecule has 0 aromatic rings. The molecule has 0 saturated heterocycles. The minimum atomic E-state index is 0.191. The highest BCUT2D eigenvalue weighted by Crippen LogP contribution is 2.32. The predicted molar refractivity (Wildman–Crippen MR) is 60.7 cm³/mol. The summed E-state index contributed by atoms with van der Waals surface area (Å²) in [4.78, 5) is 0. The third kappa shape index (κ3) is 3.48. The molecule has 0 N–H and O–H groups in total. The first kappa shape index (κ1) is 11.8. The maximum absolute atomic E-state index is 3.87. The van der Waals surface area contributed by atoms with Gasteiger partial charge < -0.3 is 0 Å². The van der Waals surface area contributed by atoms with Crippen molar-refractivity contribution in [1.82, 2.24) is 0 Å². The fraction of sp³-hybridized carbons (Fsp3) is 0.636. The predicted octanol–water partition coefficient (Wildman–Crippen LogP) is 3.90. The molecular formula is C11H20S. The second-order valence-electron chi connectivity index (χ2n) is 3.93. The average Bonchev–Trinajstić information content (AvgIpc) is 1.99. The van der Waals surface area contributed by atoms with Gasteiger partial charge in [0.25, 0.3) is 0 Å². The molecular weight excluding hydrogens is 164 g/mol. The maximum Gasteiger partial charge on any atom is 0.0312 e. The van der Waals surface area contributed by atoms with Gasteiger partial charge in [-0.05, 0) is 25.5 Å². The van der Waals surface area contributed by atoms with Crippen molar-refractivity contribution < 1.29 is 0 Å². The van der Waals surface area contributed by atoms with Crippen molar-refractivity contribution in [2.45, 2.75) is 32.9 Å². The van der Waals surface area contributed by atoms with Gasteiger partial charge in [-0.2, -0.15) is 11.8 Å². The van der Waals surface area contributed by atoms with Gasteiger partial charge in [-0.3, -0.25) is 0 Å². The van der Waals surface area contributed by atoms with E-state index in [9.17, 15) is 0 Å². The highest BCUT2D eigenvalue weighted by Gasteiger charge is 2.23. The molecule has 0 heterocycles. The van der Waals surface area contributed by atoms with E-state index in [1.807, 2.05) is 17.8 Å². The Hall–Kier alpha value is -0.170. The molecule has 0 spiro atoms. The zero-order valence-electron chi connectivity index (χ0n) is 8.85. The van der Waals surface area contributed by atoms with Crippen LogP contribution in [0.4, 0.5) is 0 Å². The van der Waals surface area contributed by atoms with Gasteiger partial charge in [0.05, 0.1) is 0 Å². The van der Waals surface area contributed by atoms with Gasteiger partial charge in [-0.1, -0.05) is 31.6 Å². The molecule has 0 aliphatic carbocycles. The van der Waals surface area contributed by atoms with Crippen LogP contribution >= 0.6 is 11.8 Å². The average molecular weight is 184 g/mol. The molecule has 0 amide bonds. The molecule has 1 unspecified atom stereocenters. The van der Waals surface area contributed by atoms with E-state index >= 15 is 0 Å². The molecule has 0 fully saturated rings. The summed E-state index contributed by atoms with van der Waals surface area (Å²) in [6, 6.07) is 0. The topological polar surface area (TPSA) is 0 Å². The van der Waals surface area contributed by atoms with Crippen molar-refractivity contribution in [3.63, 3.8) is 0 Å². The fourth-order valence-corrected chi connectivity index (χ4v) is 2.12. The van der Waals surface area contributed by atoms with Crippen LogP contribution in [0.25, 0.3) is 0 Å². The molecule has 0 radical (unpaired) electrons. The Morgan fingerprint density at radius 2 is 1.92 bits per heavy atom. The molecule has 0 aliphatic heterocycles.